The number of nitrogens with zero attached hydrogens (tertiary/aromatic N) is 1. The van der Waals surface area contributed by atoms with Gasteiger partial charge in [0.2, 0.25) is 5.91 Å². The van der Waals surface area contributed by atoms with E-state index in [4.69, 9.17) is 0 Å². The van der Waals surface area contributed by atoms with Crippen molar-refractivity contribution >= 4 is 18.3 Å². The Kier molecular flexibility index (Phi) is 9.45. The molecule has 2 aromatic rings. The SMILES string of the molecule is C[C@@H](c1cc(C(F)(F)F)cc(C(F)(F)F)c1)N(C)C(=O)CC1(Cc2ccc(F)cc2)CCNCC1.Cl. The van der Waals surface area contributed by atoms with E-state index < -0.39 is 34.9 Å². The Morgan fingerprint density at radius 3 is 1.94 bits per heavy atom. The minimum Gasteiger partial charge on any atom is -0.339 e. The van der Waals surface area contributed by atoms with Crippen molar-refractivity contribution in [2.75, 3.05) is 20.1 Å². The predicted molar refractivity (Wildman–Crippen MR) is 124 cm³/mol. The fourth-order valence-corrected chi connectivity index (χ4v) is 4.51. The van der Waals surface area contributed by atoms with Crippen molar-refractivity contribution in [2.45, 2.75) is 51.0 Å². The summed E-state index contributed by atoms with van der Waals surface area (Å²) < 4.78 is 93.0. The molecule has 0 unspecified atom stereocenters. The zero-order valence-corrected chi connectivity index (χ0v) is 20.6. The number of hydrogen-bond acceptors (Lipinski definition) is 2. The molecule has 0 aromatic heterocycles. The summed E-state index contributed by atoms with van der Waals surface area (Å²) in [5, 5.41) is 3.23. The van der Waals surface area contributed by atoms with Crippen molar-refractivity contribution in [1.29, 1.82) is 0 Å². The highest BCUT2D eigenvalue weighted by molar-refractivity contribution is 5.85. The summed E-state index contributed by atoms with van der Waals surface area (Å²) in [6.45, 7) is 2.73. The monoisotopic (exact) mass is 540 g/mol. The lowest BCUT2D eigenvalue weighted by Crippen LogP contribution is -2.42. The van der Waals surface area contributed by atoms with Gasteiger partial charge in [-0.2, -0.15) is 26.3 Å². The molecule has 1 N–H and O–H groups in total. The maximum absolute atomic E-state index is 13.3. The summed E-state index contributed by atoms with van der Waals surface area (Å²) in [5.74, 6) is -0.760. The fraction of sp³-hybridized carbons (Fsp3) is 0.480. The highest BCUT2D eigenvalue weighted by Gasteiger charge is 2.39. The minimum atomic E-state index is -4.97. The van der Waals surface area contributed by atoms with E-state index in [1.165, 1.54) is 31.0 Å². The number of benzene rings is 2. The Morgan fingerprint density at radius 2 is 1.47 bits per heavy atom. The molecular weight excluding hydrogens is 513 g/mol. The molecule has 1 aliphatic heterocycles. The quantitative estimate of drug-likeness (QED) is 0.408. The van der Waals surface area contributed by atoms with Gasteiger partial charge in [-0.05, 0) is 86.1 Å². The molecule has 1 atom stereocenters. The van der Waals surface area contributed by atoms with Crippen LogP contribution in [0.1, 0.15) is 54.5 Å². The highest BCUT2D eigenvalue weighted by Crippen LogP contribution is 2.40. The van der Waals surface area contributed by atoms with Gasteiger partial charge >= 0.3 is 12.4 Å². The van der Waals surface area contributed by atoms with E-state index in [1.54, 1.807) is 12.1 Å². The van der Waals surface area contributed by atoms with Crippen LogP contribution >= 0.6 is 12.4 Å². The van der Waals surface area contributed by atoms with Crippen molar-refractivity contribution in [3.63, 3.8) is 0 Å². The summed E-state index contributed by atoms with van der Waals surface area (Å²) in [5.41, 5.74) is -2.69. The average molecular weight is 541 g/mol. The van der Waals surface area contributed by atoms with Crippen LogP contribution in [0.3, 0.4) is 0 Å². The first kappa shape index (κ1) is 29.9. The number of rotatable bonds is 6. The summed E-state index contributed by atoms with van der Waals surface area (Å²) in [6, 6.07) is 6.35. The molecule has 0 bridgehead atoms. The molecule has 1 amide bonds. The number of nitrogens with one attached hydrogen (secondary N) is 1. The standard InChI is InChI=1S/C25H27F7N2O.ClH/c1-16(18-11-19(24(27,28)29)13-20(12-18)25(30,31)32)34(2)22(35)15-23(7-9-33-10-8-23)14-17-3-5-21(26)6-4-17;/h3-6,11-13,16,33H,7-10,14-15H2,1-2H3;1H/t16-;/m0./s1. The van der Waals surface area contributed by atoms with Crippen LogP contribution in [0.4, 0.5) is 30.7 Å². The summed E-state index contributed by atoms with van der Waals surface area (Å²) in [6.07, 6.45) is -8.05. The Morgan fingerprint density at radius 1 is 0.972 bits per heavy atom. The summed E-state index contributed by atoms with van der Waals surface area (Å²) >= 11 is 0. The molecule has 36 heavy (non-hydrogen) atoms. The summed E-state index contributed by atoms with van der Waals surface area (Å²) in [4.78, 5) is 14.4. The normalized spacial score (nSPS) is 16.7. The molecule has 200 valence electrons. The Balaban J connectivity index is 0.00000456. The largest absolute Gasteiger partial charge is 0.416 e. The highest BCUT2D eigenvalue weighted by atomic mass is 35.5. The van der Waals surface area contributed by atoms with E-state index in [1.807, 2.05) is 0 Å². The fourth-order valence-electron chi connectivity index (χ4n) is 4.51. The number of halogens is 8. The van der Waals surface area contributed by atoms with Crippen molar-refractivity contribution in [2.24, 2.45) is 5.41 Å². The molecule has 1 aliphatic rings. The minimum absolute atomic E-state index is 0. The topological polar surface area (TPSA) is 32.3 Å². The number of amides is 1. The lowest BCUT2D eigenvalue weighted by molar-refractivity contribution is -0.143. The van der Waals surface area contributed by atoms with Crippen molar-refractivity contribution in [3.8, 4) is 0 Å². The molecule has 1 saturated heterocycles. The number of hydrogen-bond donors (Lipinski definition) is 1. The molecule has 3 rings (SSSR count). The van der Waals surface area contributed by atoms with Gasteiger partial charge in [0.1, 0.15) is 5.82 Å². The maximum atomic E-state index is 13.3. The predicted octanol–water partition coefficient (Wildman–Crippen LogP) is 6.81. The molecule has 11 heteroatoms. The van der Waals surface area contributed by atoms with Crippen molar-refractivity contribution < 1.29 is 35.5 Å². The third-order valence-electron chi connectivity index (χ3n) is 6.75. The van der Waals surface area contributed by atoms with E-state index in [0.29, 0.717) is 44.5 Å². The second-order valence-corrected chi connectivity index (χ2v) is 9.25. The van der Waals surface area contributed by atoms with Crippen molar-refractivity contribution in [3.05, 3.63) is 70.5 Å². The number of alkyl halides is 6. The van der Waals surface area contributed by atoms with E-state index in [-0.39, 0.29) is 42.2 Å². The average Bonchev–Trinajstić information content (AvgIpc) is 2.78. The molecule has 0 aliphatic carbocycles. The van der Waals surface area contributed by atoms with Crippen molar-refractivity contribution in [1.82, 2.24) is 10.2 Å². The molecular formula is C25H28ClF7N2O. The van der Waals surface area contributed by atoms with Gasteiger partial charge in [-0.15, -0.1) is 12.4 Å². The first-order valence-electron chi connectivity index (χ1n) is 11.2. The summed E-state index contributed by atoms with van der Waals surface area (Å²) in [7, 11) is 1.38. The van der Waals surface area contributed by atoms with Gasteiger partial charge < -0.3 is 10.2 Å². The van der Waals surface area contributed by atoms with E-state index in [9.17, 15) is 35.5 Å². The van der Waals surface area contributed by atoms with E-state index in [0.717, 1.165) is 5.56 Å². The number of carbonyl (C=O) groups is 1. The first-order chi connectivity index (χ1) is 16.2. The Labute approximate surface area is 211 Å². The molecule has 0 radical (unpaired) electrons. The van der Waals surface area contributed by atoms with E-state index >= 15 is 0 Å². The third kappa shape index (κ3) is 7.35. The van der Waals surface area contributed by atoms with Gasteiger partial charge in [-0.3, -0.25) is 4.79 Å². The van der Waals surface area contributed by atoms with Gasteiger partial charge in [0.25, 0.3) is 0 Å². The Bertz CT molecular complexity index is 1000. The van der Waals surface area contributed by atoms with Gasteiger partial charge in [-0.25, -0.2) is 4.39 Å². The number of carbonyl (C=O) groups excluding carboxylic acids is 1. The maximum Gasteiger partial charge on any atom is 0.416 e. The van der Waals surface area contributed by atoms with Crippen LogP contribution in [0, 0.1) is 11.2 Å². The van der Waals surface area contributed by atoms with Crippen LogP contribution in [0.25, 0.3) is 0 Å². The first-order valence-corrected chi connectivity index (χ1v) is 11.2. The van der Waals surface area contributed by atoms with Gasteiger partial charge in [0, 0.05) is 13.5 Å². The molecule has 0 saturated carbocycles. The molecule has 1 heterocycles. The zero-order valence-electron chi connectivity index (χ0n) is 19.8. The van der Waals surface area contributed by atoms with E-state index in [2.05, 4.69) is 5.32 Å². The second-order valence-electron chi connectivity index (χ2n) is 9.25. The van der Waals surface area contributed by atoms with Crippen LogP contribution in [0.15, 0.2) is 42.5 Å². The van der Waals surface area contributed by atoms with Gasteiger partial charge in [-0.1, -0.05) is 12.1 Å². The number of piperidine rings is 1. The van der Waals surface area contributed by atoms with Crippen LogP contribution < -0.4 is 5.32 Å². The smallest absolute Gasteiger partial charge is 0.339 e. The third-order valence-corrected chi connectivity index (χ3v) is 6.75. The molecule has 3 nitrogen and oxygen atoms in total. The van der Waals surface area contributed by atoms with Gasteiger partial charge in [0.05, 0.1) is 17.2 Å². The molecule has 2 aromatic carbocycles. The lowest BCUT2D eigenvalue weighted by Gasteiger charge is -2.39. The van der Waals surface area contributed by atoms with Crippen LogP contribution in [-0.4, -0.2) is 30.9 Å². The lowest BCUT2D eigenvalue weighted by atomic mass is 9.71. The Hall–Kier alpha value is -2.33. The van der Waals surface area contributed by atoms with Crippen LogP contribution in [0.5, 0.6) is 0 Å². The molecule has 1 fully saturated rings. The zero-order chi connectivity index (χ0) is 26.0. The van der Waals surface area contributed by atoms with Crippen LogP contribution in [-0.2, 0) is 23.6 Å². The molecule has 0 spiro atoms. The van der Waals surface area contributed by atoms with Gasteiger partial charge in [0.15, 0.2) is 0 Å². The van der Waals surface area contributed by atoms with Crippen LogP contribution in [0.2, 0.25) is 0 Å². The second kappa shape index (κ2) is 11.4.